The Hall–Kier alpha value is -2.36. The van der Waals surface area contributed by atoms with Gasteiger partial charge in [-0.3, -0.25) is 4.79 Å². The van der Waals surface area contributed by atoms with Gasteiger partial charge in [0.15, 0.2) is 0 Å². The van der Waals surface area contributed by atoms with Crippen LogP contribution < -0.4 is 4.90 Å². The van der Waals surface area contributed by atoms with Gasteiger partial charge in [0.05, 0.1) is 11.9 Å². The molecule has 2 rings (SSSR count). The number of amides is 1. The summed E-state index contributed by atoms with van der Waals surface area (Å²) in [6.45, 7) is 7.84. The highest BCUT2D eigenvalue weighted by Crippen LogP contribution is 2.16. The predicted molar refractivity (Wildman–Crippen MR) is 104 cm³/mol. The fourth-order valence-electron chi connectivity index (χ4n) is 2.68. The molecular weight excluding hydrogens is 310 g/mol. The van der Waals surface area contributed by atoms with Crippen molar-refractivity contribution in [2.24, 2.45) is 0 Å². The highest BCUT2D eigenvalue weighted by Gasteiger charge is 2.20. The van der Waals surface area contributed by atoms with E-state index in [-0.39, 0.29) is 11.9 Å². The van der Waals surface area contributed by atoms with Crippen molar-refractivity contribution in [3.8, 4) is 0 Å². The van der Waals surface area contributed by atoms with E-state index >= 15 is 0 Å². The van der Waals surface area contributed by atoms with E-state index in [0.29, 0.717) is 12.2 Å². The molecule has 1 heterocycles. The van der Waals surface area contributed by atoms with Crippen molar-refractivity contribution >= 4 is 11.6 Å². The summed E-state index contributed by atoms with van der Waals surface area (Å²) in [7, 11) is 2.06. The molecule has 134 valence electrons. The van der Waals surface area contributed by atoms with E-state index in [9.17, 15) is 4.79 Å². The van der Waals surface area contributed by atoms with E-state index in [0.717, 1.165) is 30.6 Å². The first-order valence-corrected chi connectivity index (χ1v) is 9.05. The average Bonchev–Trinajstić information content (AvgIpc) is 2.64. The number of hydrogen-bond donors (Lipinski definition) is 0. The van der Waals surface area contributed by atoms with Crippen molar-refractivity contribution in [3.63, 3.8) is 0 Å². The summed E-state index contributed by atoms with van der Waals surface area (Å²) >= 11 is 0. The van der Waals surface area contributed by atoms with Crippen molar-refractivity contribution in [1.29, 1.82) is 0 Å². The molecule has 1 aromatic carbocycles. The van der Waals surface area contributed by atoms with Crippen molar-refractivity contribution < 1.29 is 4.79 Å². The van der Waals surface area contributed by atoms with Gasteiger partial charge in [0.1, 0.15) is 5.69 Å². The third-order valence-electron chi connectivity index (χ3n) is 4.33. The predicted octanol–water partition coefficient (Wildman–Crippen LogP) is 4.37. The third-order valence-corrected chi connectivity index (χ3v) is 4.33. The second-order valence-electron chi connectivity index (χ2n) is 6.69. The summed E-state index contributed by atoms with van der Waals surface area (Å²) in [5, 5.41) is 0. The monoisotopic (exact) mass is 339 g/mol. The summed E-state index contributed by atoms with van der Waals surface area (Å²) in [4.78, 5) is 21.3. The summed E-state index contributed by atoms with van der Waals surface area (Å²) in [5.74, 6) is -0.0263. The van der Waals surface area contributed by atoms with Crippen LogP contribution in [-0.2, 0) is 6.54 Å². The topological polar surface area (TPSA) is 36.4 Å². The first-order chi connectivity index (χ1) is 12.0. The van der Waals surface area contributed by atoms with Crippen molar-refractivity contribution in [3.05, 3.63) is 59.9 Å². The summed E-state index contributed by atoms with van der Waals surface area (Å²) in [6.07, 6.45) is 4.11. The minimum atomic E-state index is -0.0263. The van der Waals surface area contributed by atoms with Crippen LogP contribution in [0.15, 0.2) is 48.7 Å². The third kappa shape index (κ3) is 5.31. The molecule has 0 fully saturated rings. The highest BCUT2D eigenvalue weighted by molar-refractivity contribution is 5.92. The number of anilines is 1. The van der Waals surface area contributed by atoms with Crippen LogP contribution in [0.5, 0.6) is 0 Å². The number of unbranched alkanes of at least 4 members (excludes halogenated alkanes) is 1. The molecule has 4 heteroatoms. The van der Waals surface area contributed by atoms with Crippen LogP contribution in [0.2, 0.25) is 0 Å². The molecule has 0 unspecified atom stereocenters. The number of aromatic nitrogens is 1. The Labute approximate surface area is 151 Å². The minimum Gasteiger partial charge on any atom is -0.373 e. The van der Waals surface area contributed by atoms with Gasteiger partial charge in [0.2, 0.25) is 0 Å². The van der Waals surface area contributed by atoms with E-state index in [1.165, 1.54) is 0 Å². The molecule has 0 aliphatic rings. The van der Waals surface area contributed by atoms with Crippen molar-refractivity contribution in [2.45, 2.75) is 46.2 Å². The summed E-state index contributed by atoms with van der Waals surface area (Å²) in [5.41, 5.74) is 2.67. The highest BCUT2D eigenvalue weighted by atomic mass is 16.2. The Morgan fingerprint density at radius 1 is 1.12 bits per heavy atom. The van der Waals surface area contributed by atoms with Gasteiger partial charge in [-0.05, 0) is 38.0 Å². The van der Waals surface area contributed by atoms with Gasteiger partial charge in [-0.1, -0.05) is 43.7 Å². The first kappa shape index (κ1) is 19.0. The quantitative estimate of drug-likeness (QED) is 0.716. The molecule has 1 aromatic heterocycles. The first-order valence-electron chi connectivity index (χ1n) is 9.05. The molecule has 0 atom stereocenters. The summed E-state index contributed by atoms with van der Waals surface area (Å²) in [6, 6.07) is 14.0. The van der Waals surface area contributed by atoms with Crippen LogP contribution in [0.4, 0.5) is 5.69 Å². The fraction of sp³-hybridized carbons (Fsp3) is 0.429. The Bertz CT molecular complexity index is 653. The molecule has 4 nitrogen and oxygen atoms in total. The number of nitrogens with zero attached hydrogens (tertiary/aromatic N) is 3. The van der Waals surface area contributed by atoms with Crippen LogP contribution in [0, 0.1) is 0 Å². The van der Waals surface area contributed by atoms with E-state index in [4.69, 9.17) is 0 Å². The molecule has 0 radical (unpaired) electrons. The lowest BCUT2D eigenvalue weighted by molar-refractivity contribution is 0.0684. The molecule has 0 saturated carbocycles. The second-order valence-corrected chi connectivity index (χ2v) is 6.69. The van der Waals surface area contributed by atoms with E-state index in [1.807, 2.05) is 61.2 Å². The Morgan fingerprint density at radius 3 is 2.40 bits per heavy atom. The average molecular weight is 339 g/mol. The smallest absolute Gasteiger partial charge is 0.272 e. The number of pyridine rings is 1. The largest absolute Gasteiger partial charge is 0.373 e. The maximum Gasteiger partial charge on any atom is 0.272 e. The van der Waals surface area contributed by atoms with Crippen molar-refractivity contribution in [2.75, 3.05) is 18.5 Å². The Kier molecular flexibility index (Phi) is 6.99. The van der Waals surface area contributed by atoms with Gasteiger partial charge in [-0.15, -0.1) is 0 Å². The van der Waals surface area contributed by atoms with Gasteiger partial charge in [-0.25, -0.2) is 4.98 Å². The van der Waals surface area contributed by atoms with Gasteiger partial charge < -0.3 is 9.80 Å². The summed E-state index contributed by atoms with van der Waals surface area (Å²) < 4.78 is 0. The minimum absolute atomic E-state index is 0.0263. The molecule has 0 saturated heterocycles. The molecule has 0 aliphatic carbocycles. The Morgan fingerprint density at radius 2 is 1.84 bits per heavy atom. The normalized spacial score (nSPS) is 10.8. The van der Waals surface area contributed by atoms with Crippen LogP contribution in [0.3, 0.4) is 0 Å². The number of carbonyl (C=O) groups excluding carboxylic acids is 1. The lowest BCUT2D eigenvalue weighted by Crippen LogP contribution is -2.36. The number of rotatable bonds is 8. The molecule has 0 aliphatic heterocycles. The maximum atomic E-state index is 12.9. The molecule has 0 bridgehead atoms. The molecule has 0 N–H and O–H groups in total. The SMILES string of the molecule is CCCCN(C)c1ccc(C(=O)N(Cc2ccccc2)C(C)C)nc1. The zero-order valence-electron chi connectivity index (χ0n) is 15.8. The Balaban J connectivity index is 2.11. The standard InChI is InChI=1S/C21H29N3O/c1-5-6-14-23(4)19-12-13-20(22-15-19)21(25)24(17(2)3)16-18-10-8-7-9-11-18/h7-13,15,17H,5-6,14,16H2,1-4H3. The zero-order chi connectivity index (χ0) is 18.2. The van der Waals surface area contributed by atoms with Gasteiger partial charge in [-0.2, -0.15) is 0 Å². The molecule has 25 heavy (non-hydrogen) atoms. The van der Waals surface area contributed by atoms with E-state index in [1.54, 1.807) is 6.20 Å². The molecular formula is C21H29N3O. The van der Waals surface area contributed by atoms with Gasteiger partial charge >= 0.3 is 0 Å². The van der Waals surface area contributed by atoms with E-state index < -0.39 is 0 Å². The van der Waals surface area contributed by atoms with E-state index in [2.05, 4.69) is 23.9 Å². The fourth-order valence-corrected chi connectivity index (χ4v) is 2.68. The lowest BCUT2D eigenvalue weighted by Gasteiger charge is -2.27. The molecule has 2 aromatic rings. The van der Waals surface area contributed by atoms with Crippen molar-refractivity contribution in [1.82, 2.24) is 9.88 Å². The van der Waals surface area contributed by atoms with Gasteiger partial charge in [0.25, 0.3) is 5.91 Å². The maximum absolute atomic E-state index is 12.9. The molecule has 1 amide bonds. The number of benzene rings is 1. The molecule has 0 spiro atoms. The number of carbonyl (C=O) groups is 1. The van der Waals surface area contributed by atoms with Crippen LogP contribution in [-0.4, -0.2) is 35.4 Å². The van der Waals surface area contributed by atoms with Crippen LogP contribution >= 0.6 is 0 Å². The van der Waals surface area contributed by atoms with Crippen LogP contribution in [0.1, 0.15) is 49.7 Å². The van der Waals surface area contributed by atoms with Crippen LogP contribution in [0.25, 0.3) is 0 Å². The van der Waals surface area contributed by atoms with Gasteiger partial charge in [0, 0.05) is 26.2 Å². The second kappa shape index (κ2) is 9.21. The zero-order valence-corrected chi connectivity index (χ0v) is 15.8. The lowest BCUT2D eigenvalue weighted by atomic mass is 10.1. The number of hydrogen-bond acceptors (Lipinski definition) is 3.